The van der Waals surface area contributed by atoms with Gasteiger partial charge in [-0.1, -0.05) is 43.6 Å². The van der Waals surface area contributed by atoms with Crippen molar-refractivity contribution in [2.75, 3.05) is 26.2 Å². The molecule has 1 aromatic rings. The summed E-state index contributed by atoms with van der Waals surface area (Å²) in [6.07, 6.45) is -0.0998. The Hall–Kier alpha value is -1.79. The van der Waals surface area contributed by atoms with Gasteiger partial charge in [-0.05, 0) is 24.7 Å². The molecule has 128 valence electrons. The quantitative estimate of drug-likeness (QED) is 0.644. The highest BCUT2D eigenvalue weighted by Crippen LogP contribution is 2.26. The minimum atomic E-state index is -0.942. The van der Waals surface area contributed by atoms with Crippen molar-refractivity contribution in [1.82, 2.24) is 15.5 Å². The molecule has 1 rings (SSSR count). The number of carboxylic acid groups (broad SMARTS) is 1. The van der Waals surface area contributed by atoms with Crippen LogP contribution in [0.3, 0.4) is 0 Å². The third-order valence-corrected chi connectivity index (χ3v) is 3.94. The second-order valence-electron chi connectivity index (χ2n) is 5.04. The number of rotatable bonds is 9. The van der Waals surface area contributed by atoms with E-state index in [4.69, 9.17) is 16.7 Å². The summed E-state index contributed by atoms with van der Waals surface area (Å²) < 4.78 is 0. The van der Waals surface area contributed by atoms with Crippen molar-refractivity contribution in [3.63, 3.8) is 0 Å². The number of halogens is 1. The van der Waals surface area contributed by atoms with Crippen LogP contribution in [0, 0.1) is 0 Å². The van der Waals surface area contributed by atoms with Crippen LogP contribution in [0.15, 0.2) is 24.3 Å². The number of carboxylic acids is 1. The molecule has 1 unspecified atom stereocenters. The lowest BCUT2D eigenvalue weighted by Crippen LogP contribution is -2.42. The molecule has 3 N–H and O–H groups in total. The normalized spacial score (nSPS) is 12.0. The molecule has 0 aromatic heterocycles. The van der Waals surface area contributed by atoms with E-state index in [1.165, 1.54) is 0 Å². The Balaban J connectivity index is 2.69. The van der Waals surface area contributed by atoms with Crippen LogP contribution in [0.5, 0.6) is 0 Å². The SMILES string of the molecule is CCN(CC)C(CNC(=O)NCCC(=O)O)c1ccccc1Cl. The van der Waals surface area contributed by atoms with Crippen LogP contribution in [0.2, 0.25) is 5.02 Å². The summed E-state index contributed by atoms with van der Waals surface area (Å²) in [5.74, 6) is -0.942. The van der Waals surface area contributed by atoms with E-state index in [0.29, 0.717) is 11.6 Å². The highest BCUT2D eigenvalue weighted by molar-refractivity contribution is 6.31. The molecule has 6 nitrogen and oxygen atoms in total. The molecule has 0 spiro atoms. The summed E-state index contributed by atoms with van der Waals surface area (Å²) in [5.41, 5.74) is 0.962. The fraction of sp³-hybridized carbons (Fsp3) is 0.500. The zero-order valence-electron chi connectivity index (χ0n) is 13.5. The number of likely N-dealkylation sites (N-methyl/N-ethyl adjacent to an activating group) is 1. The number of urea groups is 1. The summed E-state index contributed by atoms with van der Waals surface area (Å²) in [6.45, 7) is 6.26. The van der Waals surface area contributed by atoms with Gasteiger partial charge in [-0.2, -0.15) is 0 Å². The van der Waals surface area contributed by atoms with Crippen LogP contribution in [-0.2, 0) is 4.79 Å². The monoisotopic (exact) mass is 341 g/mol. The van der Waals surface area contributed by atoms with Crippen LogP contribution < -0.4 is 10.6 Å². The second kappa shape index (κ2) is 10.1. The predicted molar refractivity (Wildman–Crippen MR) is 90.8 cm³/mol. The minimum absolute atomic E-state index is 0.0380. The first-order valence-corrected chi connectivity index (χ1v) is 8.09. The van der Waals surface area contributed by atoms with Gasteiger partial charge < -0.3 is 15.7 Å². The van der Waals surface area contributed by atoms with Crippen molar-refractivity contribution in [3.05, 3.63) is 34.9 Å². The number of carbonyl (C=O) groups excluding carboxylic acids is 1. The molecule has 0 fully saturated rings. The lowest BCUT2D eigenvalue weighted by atomic mass is 10.0. The lowest BCUT2D eigenvalue weighted by Gasteiger charge is -2.30. The van der Waals surface area contributed by atoms with E-state index >= 15 is 0 Å². The van der Waals surface area contributed by atoms with Crippen molar-refractivity contribution in [1.29, 1.82) is 0 Å². The van der Waals surface area contributed by atoms with Gasteiger partial charge in [0.25, 0.3) is 0 Å². The maximum Gasteiger partial charge on any atom is 0.314 e. The van der Waals surface area contributed by atoms with Crippen molar-refractivity contribution < 1.29 is 14.7 Å². The maximum absolute atomic E-state index is 11.8. The Morgan fingerprint density at radius 3 is 2.43 bits per heavy atom. The first-order valence-electron chi connectivity index (χ1n) is 7.71. The second-order valence-corrected chi connectivity index (χ2v) is 5.45. The Morgan fingerprint density at radius 1 is 1.22 bits per heavy atom. The number of nitrogens with one attached hydrogen (secondary N) is 2. The maximum atomic E-state index is 11.8. The molecular weight excluding hydrogens is 318 g/mol. The Bertz CT molecular complexity index is 521. The molecule has 1 aromatic carbocycles. The lowest BCUT2D eigenvalue weighted by molar-refractivity contribution is -0.136. The highest BCUT2D eigenvalue weighted by Gasteiger charge is 2.20. The van der Waals surface area contributed by atoms with E-state index in [2.05, 4.69) is 29.4 Å². The smallest absolute Gasteiger partial charge is 0.314 e. The largest absolute Gasteiger partial charge is 0.481 e. The number of amides is 2. The van der Waals surface area contributed by atoms with Crippen LogP contribution in [0.4, 0.5) is 4.79 Å². The van der Waals surface area contributed by atoms with Crippen LogP contribution in [0.1, 0.15) is 31.9 Å². The average molecular weight is 342 g/mol. The summed E-state index contributed by atoms with van der Waals surface area (Å²) in [6, 6.07) is 7.16. The van der Waals surface area contributed by atoms with Gasteiger partial charge in [-0.15, -0.1) is 0 Å². The molecule has 0 aliphatic heterocycles. The van der Waals surface area contributed by atoms with Crippen molar-refractivity contribution in [3.8, 4) is 0 Å². The van der Waals surface area contributed by atoms with Crippen LogP contribution in [0.25, 0.3) is 0 Å². The molecule has 0 heterocycles. The van der Waals surface area contributed by atoms with Crippen molar-refractivity contribution in [2.45, 2.75) is 26.3 Å². The van der Waals surface area contributed by atoms with Gasteiger partial charge in [0.15, 0.2) is 0 Å². The molecule has 0 saturated carbocycles. The molecule has 0 saturated heterocycles. The van der Waals surface area contributed by atoms with Gasteiger partial charge in [0.1, 0.15) is 0 Å². The van der Waals surface area contributed by atoms with Gasteiger partial charge in [0.05, 0.1) is 12.5 Å². The average Bonchev–Trinajstić information content (AvgIpc) is 2.52. The third-order valence-electron chi connectivity index (χ3n) is 3.60. The minimum Gasteiger partial charge on any atom is -0.481 e. The molecule has 0 radical (unpaired) electrons. The number of aliphatic carboxylic acids is 1. The number of hydrogen-bond donors (Lipinski definition) is 3. The Kier molecular flexibility index (Phi) is 8.43. The van der Waals surface area contributed by atoms with E-state index in [1.54, 1.807) is 0 Å². The Labute approximate surface area is 141 Å². The molecule has 0 bridgehead atoms. The molecule has 0 aliphatic carbocycles. The van der Waals surface area contributed by atoms with Crippen LogP contribution >= 0.6 is 11.6 Å². The van der Waals surface area contributed by atoms with Gasteiger partial charge in [0.2, 0.25) is 0 Å². The fourth-order valence-electron chi connectivity index (χ4n) is 2.38. The molecule has 23 heavy (non-hydrogen) atoms. The molecule has 1 atom stereocenters. The number of benzene rings is 1. The number of carbonyl (C=O) groups is 2. The summed E-state index contributed by atoms with van der Waals surface area (Å²) in [7, 11) is 0. The fourth-order valence-corrected chi connectivity index (χ4v) is 2.64. The highest BCUT2D eigenvalue weighted by atomic mass is 35.5. The van der Waals surface area contributed by atoms with E-state index in [1.807, 2.05) is 24.3 Å². The van der Waals surface area contributed by atoms with Gasteiger partial charge >= 0.3 is 12.0 Å². The molecule has 2 amide bonds. The van der Waals surface area contributed by atoms with E-state index in [0.717, 1.165) is 18.7 Å². The van der Waals surface area contributed by atoms with Crippen LogP contribution in [-0.4, -0.2) is 48.2 Å². The standard InChI is InChI=1S/C16H24ClN3O3/c1-3-20(4-2)14(12-7-5-6-8-13(12)17)11-19-16(23)18-10-9-15(21)22/h5-8,14H,3-4,9-11H2,1-2H3,(H,21,22)(H2,18,19,23). The van der Waals surface area contributed by atoms with Gasteiger partial charge in [0, 0.05) is 18.1 Å². The van der Waals surface area contributed by atoms with Gasteiger partial charge in [-0.25, -0.2) is 4.79 Å². The molecule has 0 aliphatic rings. The first-order chi connectivity index (χ1) is 11.0. The zero-order chi connectivity index (χ0) is 17.2. The Morgan fingerprint density at radius 2 is 1.87 bits per heavy atom. The predicted octanol–water partition coefficient (Wildman–Crippen LogP) is 2.50. The summed E-state index contributed by atoms with van der Waals surface area (Å²) >= 11 is 6.29. The van der Waals surface area contributed by atoms with Gasteiger partial charge in [-0.3, -0.25) is 9.69 Å². The van der Waals surface area contributed by atoms with E-state index < -0.39 is 5.97 Å². The summed E-state index contributed by atoms with van der Waals surface area (Å²) in [4.78, 5) is 24.4. The summed E-state index contributed by atoms with van der Waals surface area (Å²) in [5, 5.41) is 14.5. The number of hydrogen-bond acceptors (Lipinski definition) is 3. The topological polar surface area (TPSA) is 81.7 Å². The van der Waals surface area contributed by atoms with E-state index in [-0.39, 0.29) is 25.0 Å². The molecule has 7 heteroatoms. The first kappa shape index (κ1) is 19.3. The van der Waals surface area contributed by atoms with Crippen molar-refractivity contribution >= 4 is 23.6 Å². The number of nitrogens with zero attached hydrogens (tertiary/aromatic N) is 1. The third kappa shape index (κ3) is 6.46. The van der Waals surface area contributed by atoms with Crippen molar-refractivity contribution in [2.24, 2.45) is 0 Å². The van der Waals surface area contributed by atoms with E-state index in [9.17, 15) is 9.59 Å². The molecular formula is C16H24ClN3O3. The zero-order valence-corrected chi connectivity index (χ0v) is 14.3.